The standard InChI is InChI=1S/C21H36N6/c1-15(2)27-13-18(22)10-19(14-27)25-21-23-11-17(12-24-21)16-6-8-26(9-7-16)20-4-3-5-20/h11-12,15-16,18-20H,3-10,13-14,22H2,1-2H3,(H,23,24,25). The van der Waals surface area contributed by atoms with E-state index in [0.717, 1.165) is 31.5 Å². The molecule has 3 heterocycles. The van der Waals surface area contributed by atoms with Crippen LogP contribution in [-0.2, 0) is 0 Å². The molecule has 1 aromatic rings. The molecule has 3 fully saturated rings. The number of rotatable bonds is 5. The summed E-state index contributed by atoms with van der Waals surface area (Å²) in [6.45, 7) is 8.93. The van der Waals surface area contributed by atoms with Gasteiger partial charge < -0.3 is 16.0 Å². The molecule has 0 amide bonds. The highest BCUT2D eigenvalue weighted by Crippen LogP contribution is 2.32. The summed E-state index contributed by atoms with van der Waals surface area (Å²) in [6, 6.07) is 1.95. The van der Waals surface area contributed by atoms with Crippen molar-refractivity contribution < 1.29 is 0 Å². The summed E-state index contributed by atoms with van der Waals surface area (Å²) >= 11 is 0. The van der Waals surface area contributed by atoms with Crippen LogP contribution in [-0.4, -0.2) is 70.1 Å². The van der Waals surface area contributed by atoms with Crippen molar-refractivity contribution in [2.75, 3.05) is 31.5 Å². The normalized spacial score (nSPS) is 29.0. The molecule has 150 valence electrons. The van der Waals surface area contributed by atoms with E-state index in [2.05, 4.69) is 38.9 Å². The topological polar surface area (TPSA) is 70.3 Å². The Morgan fingerprint density at radius 1 is 1.07 bits per heavy atom. The van der Waals surface area contributed by atoms with E-state index in [0.29, 0.717) is 18.0 Å². The van der Waals surface area contributed by atoms with Crippen LogP contribution in [0.15, 0.2) is 12.4 Å². The van der Waals surface area contributed by atoms with Crippen LogP contribution in [0.4, 0.5) is 5.95 Å². The number of likely N-dealkylation sites (tertiary alicyclic amines) is 2. The summed E-state index contributed by atoms with van der Waals surface area (Å²) < 4.78 is 0. The molecule has 1 aliphatic carbocycles. The lowest BCUT2D eigenvalue weighted by atomic mass is 9.86. The van der Waals surface area contributed by atoms with Crippen molar-refractivity contribution in [2.24, 2.45) is 5.73 Å². The zero-order valence-corrected chi connectivity index (χ0v) is 17.0. The Kier molecular flexibility index (Phi) is 5.95. The van der Waals surface area contributed by atoms with Crippen LogP contribution in [0.25, 0.3) is 0 Å². The molecule has 4 rings (SSSR count). The zero-order valence-electron chi connectivity index (χ0n) is 17.0. The highest BCUT2D eigenvalue weighted by atomic mass is 15.2. The Morgan fingerprint density at radius 3 is 2.37 bits per heavy atom. The number of nitrogens with zero attached hydrogens (tertiary/aromatic N) is 4. The summed E-state index contributed by atoms with van der Waals surface area (Å²) in [5.74, 6) is 1.36. The van der Waals surface area contributed by atoms with Crippen LogP contribution in [0.1, 0.15) is 63.9 Å². The average Bonchev–Trinajstić information content (AvgIpc) is 2.61. The quantitative estimate of drug-likeness (QED) is 0.827. The number of nitrogens with two attached hydrogens (primary N) is 1. The lowest BCUT2D eigenvalue weighted by Crippen LogP contribution is -2.53. The Labute approximate surface area is 163 Å². The van der Waals surface area contributed by atoms with Crippen LogP contribution >= 0.6 is 0 Å². The number of piperidine rings is 2. The van der Waals surface area contributed by atoms with Crippen molar-refractivity contribution in [1.29, 1.82) is 0 Å². The number of hydrogen-bond donors (Lipinski definition) is 2. The van der Waals surface area contributed by atoms with Gasteiger partial charge in [0.1, 0.15) is 0 Å². The molecule has 2 saturated heterocycles. The number of aromatic nitrogens is 2. The maximum Gasteiger partial charge on any atom is 0.222 e. The van der Waals surface area contributed by atoms with Crippen molar-refractivity contribution in [3.8, 4) is 0 Å². The van der Waals surface area contributed by atoms with Gasteiger partial charge in [-0.15, -0.1) is 0 Å². The summed E-state index contributed by atoms with van der Waals surface area (Å²) in [6.07, 6.45) is 11.8. The number of nitrogens with one attached hydrogen (secondary N) is 1. The van der Waals surface area contributed by atoms with Gasteiger partial charge >= 0.3 is 0 Å². The Hall–Kier alpha value is -1.24. The van der Waals surface area contributed by atoms with E-state index in [1.54, 1.807) is 0 Å². The van der Waals surface area contributed by atoms with Crippen LogP contribution in [0.2, 0.25) is 0 Å². The number of anilines is 1. The lowest BCUT2D eigenvalue weighted by Gasteiger charge is -2.41. The average molecular weight is 373 g/mol. The van der Waals surface area contributed by atoms with E-state index in [4.69, 9.17) is 5.73 Å². The van der Waals surface area contributed by atoms with Crippen LogP contribution in [0.3, 0.4) is 0 Å². The fourth-order valence-corrected chi connectivity index (χ4v) is 4.86. The first-order valence-electron chi connectivity index (χ1n) is 10.9. The van der Waals surface area contributed by atoms with Crippen molar-refractivity contribution in [3.05, 3.63) is 18.0 Å². The highest BCUT2D eigenvalue weighted by Gasteiger charge is 2.30. The van der Waals surface area contributed by atoms with Crippen LogP contribution in [0, 0.1) is 0 Å². The van der Waals surface area contributed by atoms with Gasteiger partial charge in [-0.3, -0.25) is 4.90 Å². The molecule has 0 aromatic carbocycles. The van der Waals surface area contributed by atoms with Gasteiger partial charge in [-0.1, -0.05) is 6.42 Å². The van der Waals surface area contributed by atoms with Crippen LogP contribution in [0.5, 0.6) is 0 Å². The first kappa shape index (κ1) is 19.1. The smallest absolute Gasteiger partial charge is 0.222 e. The predicted molar refractivity (Wildman–Crippen MR) is 110 cm³/mol. The fraction of sp³-hybridized carbons (Fsp3) is 0.810. The van der Waals surface area contributed by atoms with E-state index in [-0.39, 0.29) is 6.04 Å². The van der Waals surface area contributed by atoms with Gasteiger partial charge in [-0.05, 0) is 70.5 Å². The Balaban J connectivity index is 1.30. The first-order valence-corrected chi connectivity index (χ1v) is 10.9. The Morgan fingerprint density at radius 2 is 1.78 bits per heavy atom. The molecule has 2 aliphatic heterocycles. The van der Waals surface area contributed by atoms with E-state index < -0.39 is 0 Å². The zero-order chi connectivity index (χ0) is 18.8. The summed E-state index contributed by atoms with van der Waals surface area (Å²) in [7, 11) is 0. The van der Waals surface area contributed by atoms with Gasteiger partial charge in [0.2, 0.25) is 5.95 Å². The monoisotopic (exact) mass is 372 g/mol. The second-order valence-electron chi connectivity index (χ2n) is 9.12. The molecule has 0 bridgehead atoms. The predicted octanol–water partition coefficient (Wildman–Crippen LogP) is 2.43. The third-order valence-corrected chi connectivity index (χ3v) is 6.84. The number of hydrogen-bond acceptors (Lipinski definition) is 6. The second-order valence-corrected chi connectivity index (χ2v) is 9.12. The van der Waals surface area contributed by atoms with Gasteiger partial charge in [-0.2, -0.15) is 0 Å². The van der Waals surface area contributed by atoms with Gasteiger partial charge in [0.25, 0.3) is 0 Å². The molecule has 6 heteroatoms. The molecule has 1 saturated carbocycles. The van der Waals surface area contributed by atoms with Gasteiger partial charge in [-0.25, -0.2) is 9.97 Å². The molecule has 1 aromatic heterocycles. The van der Waals surface area contributed by atoms with Crippen molar-refractivity contribution >= 4 is 5.95 Å². The Bertz CT molecular complexity index is 591. The minimum Gasteiger partial charge on any atom is -0.350 e. The molecule has 0 spiro atoms. The van der Waals surface area contributed by atoms with Crippen molar-refractivity contribution in [3.63, 3.8) is 0 Å². The maximum absolute atomic E-state index is 6.25. The highest BCUT2D eigenvalue weighted by molar-refractivity contribution is 5.28. The molecular formula is C21H36N6. The lowest BCUT2D eigenvalue weighted by molar-refractivity contribution is 0.0974. The largest absolute Gasteiger partial charge is 0.350 e. The van der Waals surface area contributed by atoms with E-state index in [1.165, 1.54) is 50.8 Å². The molecule has 0 radical (unpaired) electrons. The second kappa shape index (κ2) is 8.41. The summed E-state index contributed by atoms with van der Waals surface area (Å²) in [5.41, 5.74) is 7.55. The molecule has 3 N–H and O–H groups in total. The van der Waals surface area contributed by atoms with Gasteiger partial charge in [0.15, 0.2) is 0 Å². The van der Waals surface area contributed by atoms with Crippen molar-refractivity contribution in [2.45, 2.75) is 82.5 Å². The fourth-order valence-electron chi connectivity index (χ4n) is 4.86. The minimum absolute atomic E-state index is 0.221. The minimum atomic E-state index is 0.221. The molecule has 2 unspecified atom stereocenters. The summed E-state index contributed by atoms with van der Waals surface area (Å²) in [5, 5.41) is 3.51. The van der Waals surface area contributed by atoms with E-state index in [1.807, 2.05) is 12.4 Å². The summed E-state index contributed by atoms with van der Waals surface area (Å²) in [4.78, 5) is 14.4. The molecule has 6 nitrogen and oxygen atoms in total. The third kappa shape index (κ3) is 4.61. The first-order chi connectivity index (χ1) is 13.1. The molecular weight excluding hydrogens is 336 g/mol. The van der Waals surface area contributed by atoms with E-state index in [9.17, 15) is 0 Å². The van der Waals surface area contributed by atoms with Gasteiger partial charge in [0, 0.05) is 49.7 Å². The molecule has 27 heavy (non-hydrogen) atoms. The SMILES string of the molecule is CC(C)N1CC(N)CC(Nc2ncc(C3CCN(C4CCC4)CC3)cn2)C1. The van der Waals surface area contributed by atoms with Gasteiger partial charge in [0.05, 0.1) is 0 Å². The van der Waals surface area contributed by atoms with Crippen molar-refractivity contribution in [1.82, 2.24) is 19.8 Å². The maximum atomic E-state index is 6.25. The third-order valence-electron chi connectivity index (χ3n) is 6.84. The molecule has 2 atom stereocenters. The molecule has 3 aliphatic rings. The van der Waals surface area contributed by atoms with E-state index >= 15 is 0 Å². The van der Waals surface area contributed by atoms with Crippen LogP contribution < -0.4 is 11.1 Å².